The van der Waals surface area contributed by atoms with Gasteiger partial charge < -0.3 is 20.7 Å². The molecule has 2 saturated heterocycles. The highest BCUT2D eigenvalue weighted by molar-refractivity contribution is 5.93. The molecule has 4 N–H and O–H groups in total. The summed E-state index contributed by atoms with van der Waals surface area (Å²) in [5.74, 6) is 1.77. The first-order valence-corrected chi connectivity index (χ1v) is 11.3. The number of ether oxygens (including phenoxy) is 1. The molecule has 5 rings (SSSR count). The quantitative estimate of drug-likeness (QED) is 0.368. The van der Waals surface area contributed by atoms with Crippen molar-refractivity contribution in [2.45, 2.75) is 44.6 Å². The number of allylic oxidation sites excluding steroid dienone is 2. The second-order valence-electron chi connectivity index (χ2n) is 9.41. The number of hydrogen-bond acceptors (Lipinski definition) is 5. The molecule has 1 aromatic heterocycles. The molecule has 32 heavy (non-hydrogen) atoms. The topological polar surface area (TPSA) is 109 Å². The molecule has 1 spiro atoms. The number of nitrogens with zero attached hydrogens (tertiary/aromatic N) is 3. The van der Waals surface area contributed by atoms with Crippen LogP contribution in [0.2, 0.25) is 0 Å². The molecule has 1 amide bonds. The Hall–Kier alpha value is -3.29. The molecule has 168 valence electrons. The Balaban J connectivity index is 1.37. The van der Waals surface area contributed by atoms with Crippen LogP contribution in [-0.2, 0) is 4.79 Å². The molecule has 8 nitrogen and oxygen atoms in total. The minimum Gasteiger partial charge on any atom is -0.488 e. The third-order valence-corrected chi connectivity index (χ3v) is 7.08. The van der Waals surface area contributed by atoms with Crippen LogP contribution in [0, 0.1) is 5.41 Å². The SMILES string of the molecule is C=C(/C=C(\N=CN)N1CCC2(CCNC2=O)CC1)c1n[nH]c2ccc(OC3(C)CC3)cc12. The van der Waals surface area contributed by atoms with Crippen molar-refractivity contribution in [3.63, 3.8) is 0 Å². The molecule has 2 aromatic rings. The lowest BCUT2D eigenvalue weighted by Crippen LogP contribution is -2.43. The van der Waals surface area contributed by atoms with Crippen LogP contribution in [0.4, 0.5) is 0 Å². The maximum Gasteiger partial charge on any atom is 0.226 e. The zero-order valence-corrected chi connectivity index (χ0v) is 18.5. The second kappa shape index (κ2) is 7.69. The Bertz CT molecular complexity index is 1120. The van der Waals surface area contributed by atoms with Crippen molar-refractivity contribution in [1.82, 2.24) is 20.4 Å². The van der Waals surface area contributed by atoms with Crippen molar-refractivity contribution in [1.29, 1.82) is 0 Å². The third kappa shape index (κ3) is 3.74. The molecule has 1 saturated carbocycles. The summed E-state index contributed by atoms with van der Waals surface area (Å²) in [6, 6.07) is 5.98. The van der Waals surface area contributed by atoms with Gasteiger partial charge in [-0.25, -0.2) is 4.99 Å². The van der Waals surface area contributed by atoms with Crippen molar-refractivity contribution in [2.75, 3.05) is 19.6 Å². The van der Waals surface area contributed by atoms with E-state index in [2.05, 4.69) is 38.9 Å². The maximum absolute atomic E-state index is 12.3. The van der Waals surface area contributed by atoms with E-state index >= 15 is 0 Å². The van der Waals surface area contributed by atoms with E-state index in [1.54, 1.807) is 0 Å². The summed E-state index contributed by atoms with van der Waals surface area (Å²) >= 11 is 0. The number of amides is 1. The zero-order valence-electron chi connectivity index (χ0n) is 18.5. The van der Waals surface area contributed by atoms with Gasteiger partial charge in [-0.3, -0.25) is 9.89 Å². The average molecular weight is 435 g/mol. The lowest BCUT2D eigenvalue weighted by molar-refractivity contribution is -0.129. The summed E-state index contributed by atoms with van der Waals surface area (Å²) in [4.78, 5) is 18.9. The van der Waals surface area contributed by atoms with E-state index in [0.717, 1.165) is 85.5 Å². The number of fused-ring (bicyclic) bond motifs is 1. The summed E-state index contributed by atoms with van der Waals surface area (Å²) in [7, 11) is 0. The summed E-state index contributed by atoms with van der Waals surface area (Å²) in [5, 5.41) is 11.5. The van der Waals surface area contributed by atoms with Crippen LogP contribution in [0.15, 0.2) is 41.7 Å². The van der Waals surface area contributed by atoms with E-state index in [9.17, 15) is 4.79 Å². The first-order chi connectivity index (χ1) is 15.4. The monoisotopic (exact) mass is 434 g/mol. The summed E-state index contributed by atoms with van der Waals surface area (Å²) in [5.41, 5.74) is 7.82. The van der Waals surface area contributed by atoms with Gasteiger partial charge in [-0.1, -0.05) is 6.58 Å². The van der Waals surface area contributed by atoms with Crippen molar-refractivity contribution >= 4 is 28.7 Å². The molecule has 0 atom stereocenters. The fraction of sp³-hybridized carbons (Fsp3) is 0.458. The van der Waals surface area contributed by atoms with Crippen molar-refractivity contribution in [2.24, 2.45) is 16.1 Å². The van der Waals surface area contributed by atoms with E-state index in [1.165, 1.54) is 6.34 Å². The Morgan fingerprint density at radius 2 is 2.06 bits per heavy atom. The van der Waals surface area contributed by atoms with Crippen molar-refractivity contribution in [3.8, 4) is 5.75 Å². The number of aromatic nitrogens is 2. The van der Waals surface area contributed by atoms with Gasteiger partial charge in [0.25, 0.3) is 0 Å². The van der Waals surface area contributed by atoms with E-state index < -0.39 is 0 Å². The van der Waals surface area contributed by atoms with Crippen molar-refractivity contribution in [3.05, 3.63) is 42.4 Å². The van der Waals surface area contributed by atoms with Crippen LogP contribution in [0.25, 0.3) is 16.5 Å². The molecule has 8 heteroatoms. The van der Waals surface area contributed by atoms with Gasteiger partial charge in [-0.2, -0.15) is 5.10 Å². The van der Waals surface area contributed by atoms with Crippen molar-refractivity contribution < 1.29 is 9.53 Å². The van der Waals surface area contributed by atoms with Crippen LogP contribution < -0.4 is 15.8 Å². The van der Waals surface area contributed by atoms with Gasteiger partial charge >= 0.3 is 0 Å². The molecule has 0 bridgehead atoms. The highest BCUT2D eigenvalue weighted by Gasteiger charge is 2.44. The molecular formula is C24H30N6O2. The largest absolute Gasteiger partial charge is 0.488 e. The van der Waals surface area contributed by atoms with Crippen LogP contribution in [0.5, 0.6) is 5.75 Å². The number of hydrogen-bond donors (Lipinski definition) is 3. The van der Waals surface area contributed by atoms with Gasteiger partial charge in [0.15, 0.2) is 0 Å². The predicted molar refractivity (Wildman–Crippen MR) is 125 cm³/mol. The number of likely N-dealkylation sites (tertiary alicyclic amines) is 1. The number of rotatable bonds is 6. The Morgan fingerprint density at radius 1 is 1.28 bits per heavy atom. The van der Waals surface area contributed by atoms with Crippen LogP contribution in [0.1, 0.15) is 44.7 Å². The molecule has 3 aliphatic rings. The molecule has 0 unspecified atom stereocenters. The average Bonchev–Trinajstić information content (AvgIpc) is 3.19. The molecule has 3 heterocycles. The number of benzene rings is 1. The van der Waals surface area contributed by atoms with E-state index in [-0.39, 0.29) is 16.9 Å². The fourth-order valence-electron chi connectivity index (χ4n) is 4.73. The van der Waals surface area contributed by atoms with Gasteiger partial charge in [0.2, 0.25) is 5.91 Å². The number of piperidine rings is 1. The Kier molecular flexibility index (Phi) is 4.95. The van der Waals surface area contributed by atoms with Gasteiger partial charge in [0, 0.05) is 25.0 Å². The standard InChI is InChI=1S/C24H30N6O2/c1-16(21-18-14-17(32-23(2)5-6-23)3-4-19(18)28-29-21)13-20(27-15-25)30-11-8-24(9-12-30)7-10-26-22(24)31/h3-4,13-15H,1,5-12H2,2H3,(H2,25,27)(H,26,31)(H,28,29)/b20-13+. The van der Waals surface area contributed by atoms with E-state index in [4.69, 9.17) is 10.5 Å². The number of H-pyrrole nitrogens is 1. The fourth-order valence-corrected chi connectivity index (χ4v) is 4.73. The summed E-state index contributed by atoms with van der Waals surface area (Å²) < 4.78 is 6.13. The van der Waals surface area contributed by atoms with Gasteiger partial charge in [-0.05, 0) is 68.9 Å². The number of nitrogens with one attached hydrogen (secondary N) is 2. The number of aromatic amines is 1. The van der Waals surface area contributed by atoms with Gasteiger partial charge in [0.05, 0.1) is 23.0 Å². The highest BCUT2D eigenvalue weighted by atomic mass is 16.5. The molecule has 3 fully saturated rings. The van der Waals surface area contributed by atoms with E-state index in [0.29, 0.717) is 0 Å². The molecule has 1 aromatic carbocycles. The first kappa shape index (κ1) is 20.6. The van der Waals surface area contributed by atoms with Gasteiger partial charge in [0.1, 0.15) is 17.2 Å². The molecule has 1 aliphatic carbocycles. The summed E-state index contributed by atoms with van der Waals surface area (Å²) in [6.07, 6.45) is 7.92. The lowest BCUT2D eigenvalue weighted by atomic mass is 9.77. The highest BCUT2D eigenvalue weighted by Crippen LogP contribution is 2.41. The van der Waals surface area contributed by atoms with Gasteiger partial charge in [-0.15, -0.1) is 0 Å². The Labute approximate surface area is 187 Å². The number of aliphatic imine (C=N–C) groups is 1. The number of carbonyl (C=O) groups excluding carboxylic acids is 1. The zero-order chi connectivity index (χ0) is 22.3. The minimum atomic E-state index is -0.224. The maximum atomic E-state index is 12.3. The van der Waals surface area contributed by atoms with E-state index in [1.807, 2.05) is 24.3 Å². The molecule has 0 radical (unpaired) electrons. The summed E-state index contributed by atoms with van der Waals surface area (Å²) in [6.45, 7) is 8.67. The third-order valence-electron chi connectivity index (χ3n) is 7.08. The van der Waals surface area contributed by atoms with Crippen LogP contribution in [0.3, 0.4) is 0 Å². The number of carbonyl (C=O) groups is 1. The minimum absolute atomic E-state index is 0.0423. The predicted octanol–water partition coefficient (Wildman–Crippen LogP) is 2.94. The molecule has 2 aliphatic heterocycles. The smallest absolute Gasteiger partial charge is 0.226 e. The number of nitrogens with two attached hydrogens (primary N) is 1. The normalized spacial score (nSPS) is 22.0. The molecular weight excluding hydrogens is 404 g/mol. The first-order valence-electron chi connectivity index (χ1n) is 11.3. The Morgan fingerprint density at radius 3 is 2.72 bits per heavy atom. The van der Waals surface area contributed by atoms with Crippen LogP contribution >= 0.6 is 0 Å². The lowest BCUT2D eigenvalue weighted by Gasteiger charge is -2.38. The second-order valence-corrected chi connectivity index (χ2v) is 9.41. The van der Waals surface area contributed by atoms with Crippen LogP contribution in [-0.4, -0.2) is 52.6 Å².